The molecule has 0 radical (unpaired) electrons. The van der Waals surface area contributed by atoms with Crippen molar-refractivity contribution in [3.63, 3.8) is 0 Å². The molecule has 0 aliphatic heterocycles. The van der Waals surface area contributed by atoms with Gasteiger partial charge in [0.05, 0.1) is 0 Å². The lowest BCUT2D eigenvalue weighted by Crippen LogP contribution is -2.18. The smallest absolute Gasteiger partial charge is 0.124 e. The topological polar surface area (TPSA) is 12.0 Å². The molecule has 1 heterocycles. The molecule has 0 saturated carbocycles. The summed E-state index contributed by atoms with van der Waals surface area (Å²) in [5, 5.41) is 5.87. The van der Waals surface area contributed by atoms with E-state index in [0.29, 0.717) is 5.02 Å². The highest BCUT2D eigenvalue weighted by atomic mass is 79.9. The van der Waals surface area contributed by atoms with E-state index in [1.54, 1.807) is 17.4 Å². The van der Waals surface area contributed by atoms with Crippen LogP contribution in [-0.2, 0) is 6.54 Å². The van der Waals surface area contributed by atoms with E-state index in [4.69, 9.17) is 11.6 Å². The van der Waals surface area contributed by atoms with Gasteiger partial charge in [-0.1, -0.05) is 17.7 Å². The predicted octanol–water partition coefficient (Wildman–Crippen LogP) is 5.15. The monoisotopic (exact) mass is 347 g/mol. The molecular weight excluding hydrogens is 337 g/mol. The Hall–Kier alpha value is -0.420. The molecule has 1 aromatic carbocycles. The summed E-state index contributed by atoms with van der Waals surface area (Å²) in [6.45, 7) is 2.77. The standard InChI is InChI=1S/C13H12BrClFNS/c1-8(10-3-2-9(16)6-12(10)15)17-7-13-11(14)4-5-18-13/h2-6,8,17H,7H2,1H3. The predicted molar refractivity (Wildman–Crippen MR) is 78.7 cm³/mol. The number of hydrogen-bond donors (Lipinski definition) is 1. The van der Waals surface area contributed by atoms with Crippen molar-refractivity contribution in [3.8, 4) is 0 Å². The maximum Gasteiger partial charge on any atom is 0.124 e. The van der Waals surface area contributed by atoms with Crippen molar-refractivity contribution in [2.24, 2.45) is 0 Å². The molecule has 1 unspecified atom stereocenters. The van der Waals surface area contributed by atoms with E-state index in [1.807, 2.05) is 18.4 Å². The van der Waals surface area contributed by atoms with Crippen LogP contribution in [0.25, 0.3) is 0 Å². The highest BCUT2D eigenvalue weighted by Crippen LogP contribution is 2.26. The number of thiophene rings is 1. The van der Waals surface area contributed by atoms with Crippen LogP contribution in [0.2, 0.25) is 5.02 Å². The Labute approximate surface area is 123 Å². The summed E-state index contributed by atoms with van der Waals surface area (Å²) < 4.78 is 14.1. The van der Waals surface area contributed by atoms with E-state index < -0.39 is 0 Å². The van der Waals surface area contributed by atoms with Gasteiger partial charge in [0.15, 0.2) is 0 Å². The molecule has 2 aromatic rings. The lowest BCUT2D eigenvalue weighted by molar-refractivity contribution is 0.574. The van der Waals surface area contributed by atoms with Crippen LogP contribution in [-0.4, -0.2) is 0 Å². The fraction of sp³-hybridized carbons (Fsp3) is 0.231. The second-order valence-electron chi connectivity index (χ2n) is 3.96. The van der Waals surface area contributed by atoms with E-state index in [9.17, 15) is 4.39 Å². The van der Waals surface area contributed by atoms with E-state index in [2.05, 4.69) is 21.2 Å². The van der Waals surface area contributed by atoms with E-state index in [1.165, 1.54) is 17.0 Å². The van der Waals surface area contributed by atoms with Gasteiger partial charge in [0.1, 0.15) is 5.82 Å². The fourth-order valence-electron chi connectivity index (χ4n) is 1.66. The molecule has 0 fully saturated rings. The van der Waals surface area contributed by atoms with Gasteiger partial charge >= 0.3 is 0 Å². The molecule has 1 atom stereocenters. The van der Waals surface area contributed by atoms with Crippen molar-refractivity contribution in [2.45, 2.75) is 19.5 Å². The molecule has 0 amide bonds. The first-order valence-corrected chi connectivity index (χ1v) is 7.53. The van der Waals surface area contributed by atoms with Crippen LogP contribution in [0, 0.1) is 5.82 Å². The molecular formula is C13H12BrClFNS. The Bertz CT molecular complexity index is 544. The van der Waals surface area contributed by atoms with Crippen molar-refractivity contribution >= 4 is 38.9 Å². The van der Waals surface area contributed by atoms with Crippen molar-refractivity contribution in [3.05, 3.63) is 55.4 Å². The Morgan fingerprint density at radius 3 is 2.83 bits per heavy atom. The van der Waals surface area contributed by atoms with Crippen LogP contribution in [0.15, 0.2) is 34.1 Å². The van der Waals surface area contributed by atoms with Crippen LogP contribution in [0.3, 0.4) is 0 Å². The minimum Gasteiger partial charge on any atom is -0.305 e. The van der Waals surface area contributed by atoms with Crippen molar-refractivity contribution in [2.75, 3.05) is 0 Å². The van der Waals surface area contributed by atoms with Crippen molar-refractivity contribution in [1.29, 1.82) is 0 Å². The molecule has 0 spiro atoms. The van der Waals surface area contributed by atoms with Crippen LogP contribution >= 0.6 is 38.9 Å². The van der Waals surface area contributed by atoms with Gasteiger partial charge in [-0.2, -0.15) is 0 Å². The zero-order chi connectivity index (χ0) is 13.1. The molecule has 96 valence electrons. The average Bonchev–Trinajstić information content (AvgIpc) is 2.72. The summed E-state index contributed by atoms with van der Waals surface area (Å²) in [7, 11) is 0. The first-order chi connectivity index (χ1) is 8.58. The van der Waals surface area contributed by atoms with Crippen LogP contribution in [0.1, 0.15) is 23.4 Å². The largest absolute Gasteiger partial charge is 0.305 e. The second kappa shape index (κ2) is 6.15. The van der Waals surface area contributed by atoms with Gasteiger partial charge < -0.3 is 5.32 Å². The highest BCUT2D eigenvalue weighted by molar-refractivity contribution is 9.10. The van der Waals surface area contributed by atoms with Gasteiger partial charge in [-0.05, 0) is 52.0 Å². The highest BCUT2D eigenvalue weighted by Gasteiger charge is 2.11. The molecule has 2 rings (SSSR count). The summed E-state index contributed by atoms with van der Waals surface area (Å²) in [5.74, 6) is -0.308. The number of halogens is 3. The summed E-state index contributed by atoms with van der Waals surface area (Å²) in [5.41, 5.74) is 0.908. The van der Waals surface area contributed by atoms with Gasteiger partial charge in [-0.15, -0.1) is 11.3 Å². The average molecular weight is 349 g/mol. The quantitative estimate of drug-likeness (QED) is 0.805. The number of hydrogen-bond acceptors (Lipinski definition) is 2. The minimum absolute atomic E-state index is 0.0760. The third kappa shape index (κ3) is 3.32. The van der Waals surface area contributed by atoms with E-state index in [0.717, 1.165) is 16.6 Å². The zero-order valence-electron chi connectivity index (χ0n) is 9.71. The lowest BCUT2D eigenvalue weighted by atomic mass is 10.1. The Morgan fingerprint density at radius 2 is 2.22 bits per heavy atom. The summed E-state index contributed by atoms with van der Waals surface area (Å²) in [6, 6.07) is 6.60. The summed E-state index contributed by atoms with van der Waals surface area (Å²) in [6.07, 6.45) is 0. The maximum absolute atomic E-state index is 13.0. The Balaban J connectivity index is 2.03. The molecule has 0 aliphatic rings. The lowest BCUT2D eigenvalue weighted by Gasteiger charge is -2.15. The summed E-state index contributed by atoms with van der Waals surface area (Å²) >= 11 is 11.2. The first kappa shape index (κ1) is 14.0. The fourth-order valence-corrected chi connectivity index (χ4v) is 3.43. The van der Waals surface area contributed by atoms with Gasteiger partial charge in [-0.3, -0.25) is 0 Å². The zero-order valence-corrected chi connectivity index (χ0v) is 12.9. The molecule has 1 aromatic heterocycles. The van der Waals surface area contributed by atoms with E-state index in [-0.39, 0.29) is 11.9 Å². The second-order valence-corrected chi connectivity index (χ2v) is 6.22. The SMILES string of the molecule is CC(NCc1sccc1Br)c1ccc(F)cc1Cl. The van der Waals surface area contributed by atoms with Crippen LogP contribution < -0.4 is 5.32 Å². The third-order valence-corrected chi connectivity index (χ3v) is 4.94. The third-order valence-electron chi connectivity index (χ3n) is 2.69. The minimum atomic E-state index is -0.308. The molecule has 18 heavy (non-hydrogen) atoms. The molecule has 1 nitrogen and oxygen atoms in total. The van der Waals surface area contributed by atoms with Gasteiger partial charge in [0.2, 0.25) is 0 Å². The van der Waals surface area contributed by atoms with Crippen molar-refractivity contribution < 1.29 is 4.39 Å². The molecule has 0 bridgehead atoms. The Kier molecular flexibility index (Phi) is 4.78. The normalized spacial score (nSPS) is 12.7. The molecule has 1 N–H and O–H groups in total. The maximum atomic E-state index is 13.0. The van der Waals surface area contributed by atoms with E-state index >= 15 is 0 Å². The van der Waals surface area contributed by atoms with Gasteiger partial charge in [0.25, 0.3) is 0 Å². The molecule has 5 heteroatoms. The van der Waals surface area contributed by atoms with Gasteiger partial charge in [0, 0.05) is 27.0 Å². The Morgan fingerprint density at radius 1 is 1.44 bits per heavy atom. The van der Waals surface area contributed by atoms with Crippen molar-refractivity contribution in [1.82, 2.24) is 5.32 Å². The number of nitrogens with one attached hydrogen (secondary N) is 1. The van der Waals surface area contributed by atoms with Gasteiger partial charge in [-0.25, -0.2) is 4.39 Å². The number of benzene rings is 1. The van der Waals surface area contributed by atoms with Crippen LogP contribution in [0.4, 0.5) is 4.39 Å². The first-order valence-electron chi connectivity index (χ1n) is 5.48. The number of rotatable bonds is 4. The molecule has 0 aliphatic carbocycles. The summed E-state index contributed by atoms with van der Waals surface area (Å²) in [4.78, 5) is 1.24. The molecule has 0 saturated heterocycles. The van der Waals surface area contributed by atoms with Crippen LogP contribution in [0.5, 0.6) is 0 Å².